The standard InChI is InChI=1S/C47H58ClN7O8/c1-27-5-15-37(54(27)44(56)40(51-46(58)60-3)33-17-21-62-22-18-33)36-25-35(26-49-36)31-9-7-29(8-10-31)30-11-13-32(14-12-30)39-42(48)53-43(50-39)38-16-6-28(2)55(38)45(57)41(52-47(59)61-4)34-19-23-63-24-20-34/h7-14,26-28,33-34,37-38,40-41H,5-6,15-25H2,1-4H3,(H,50,53)(H,51,58)(H,52,59)/t27-,28-,37-,38-,40-,41-/m0/s1. The van der Waals surface area contributed by atoms with Gasteiger partial charge in [-0.1, -0.05) is 60.1 Å². The number of benzene rings is 2. The third-order valence-corrected chi connectivity index (χ3v) is 13.9. The zero-order valence-electron chi connectivity index (χ0n) is 36.4. The number of ether oxygens (including phenoxy) is 4. The Bertz CT molecular complexity index is 2200. The lowest BCUT2D eigenvalue weighted by molar-refractivity contribution is -0.139. The van der Waals surface area contributed by atoms with Crippen molar-refractivity contribution in [3.8, 4) is 22.4 Å². The summed E-state index contributed by atoms with van der Waals surface area (Å²) in [6, 6.07) is 14.6. The average Bonchev–Trinajstić information content (AvgIpc) is 4.13. The van der Waals surface area contributed by atoms with Gasteiger partial charge in [-0.25, -0.2) is 14.6 Å². The largest absolute Gasteiger partial charge is 0.453 e. The summed E-state index contributed by atoms with van der Waals surface area (Å²) >= 11 is 6.81. The van der Waals surface area contributed by atoms with Crippen molar-refractivity contribution >= 4 is 46.9 Å². The molecule has 3 N–H and O–H groups in total. The number of carbonyl (C=O) groups excluding carboxylic acids is 4. The topological polar surface area (TPSA) is 177 Å². The van der Waals surface area contributed by atoms with E-state index in [-0.39, 0.29) is 47.8 Å². The van der Waals surface area contributed by atoms with E-state index in [0.29, 0.717) is 81.6 Å². The number of alkyl carbamates (subject to hydrolysis) is 2. The highest BCUT2D eigenvalue weighted by molar-refractivity contribution is 6.32. The number of hydrogen-bond donors (Lipinski definition) is 3. The van der Waals surface area contributed by atoms with E-state index in [0.717, 1.165) is 52.8 Å². The molecule has 6 atom stereocenters. The third-order valence-electron chi connectivity index (χ3n) is 13.7. The van der Waals surface area contributed by atoms with E-state index >= 15 is 0 Å². The van der Waals surface area contributed by atoms with E-state index < -0.39 is 24.3 Å². The summed E-state index contributed by atoms with van der Waals surface area (Å²) in [5.74, 6) is 0.275. The minimum absolute atomic E-state index is 0.0171. The summed E-state index contributed by atoms with van der Waals surface area (Å²) in [4.78, 5) is 70.1. The van der Waals surface area contributed by atoms with Gasteiger partial charge in [0.25, 0.3) is 0 Å². The molecule has 2 aromatic carbocycles. The molecule has 5 aliphatic heterocycles. The number of nitrogens with zero attached hydrogens (tertiary/aromatic N) is 4. The van der Waals surface area contributed by atoms with Gasteiger partial charge in [0.1, 0.15) is 28.8 Å². The summed E-state index contributed by atoms with van der Waals surface area (Å²) in [5.41, 5.74) is 6.64. The maximum absolute atomic E-state index is 14.2. The Balaban J connectivity index is 0.918. The molecule has 8 rings (SSSR count). The molecule has 0 unspecified atom stereocenters. The summed E-state index contributed by atoms with van der Waals surface area (Å²) in [5, 5.41) is 6.06. The number of allylic oxidation sites excluding steroid dienone is 1. The normalized spacial score (nSPS) is 24.1. The number of likely N-dealkylation sites (tertiary alicyclic amines) is 2. The van der Waals surface area contributed by atoms with E-state index in [9.17, 15) is 19.2 Å². The Kier molecular flexibility index (Phi) is 13.8. The van der Waals surface area contributed by atoms with Crippen LogP contribution in [-0.2, 0) is 28.5 Å². The van der Waals surface area contributed by atoms with Crippen molar-refractivity contribution in [3.05, 3.63) is 71.3 Å². The Morgan fingerprint density at radius 3 is 1.65 bits per heavy atom. The van der Waals surface area contributed by atoms with Crippen LogP contribution in [-0.4, -0.2) is 120 Å². The number of halogens is 1. The van der Waals surface area contributed by atoms with Crippen LogP contribution in [0.15, 0.2) is 59.7 Å². The number of imidazole rings is 1. The molecule has 6 heterocycles. The molecule has 0 radical (unpaired) electrons. The van der Waals surface area contributed by atoms with Gasteiger partial charge in [-0.15, -0.1) is 0 Å². The van der Waals surface area contributed by atoms with Crippen LogP contribution in [0.1, 0.15) is 89.1 Å². The van der Waals surface area contributed by atoms with E-state index in [1.807, 2.05) is 47.2 Å². The lowest BCUT2D eigenvalue weighted by Gasteiger charge is -2.36. The first-order valence-electron chi connectivity index (χ1n) is 22.3. The average molecular weight is 884 g/mol. The molecular weight excluding hydrogens is 826 g/mol. The van der Waals surface area contributed by atoms with Gasteiger partial charge in [0, 0.05) is 62.4 Å². The highest BCUT2D eigenvalue weighted by Gasteiger charge is 2.45. The summed E-state index contributed by atoms with van der Waals surface area (Å²) in [6.45, 7) is 6.29. The van der Waals surface area contributed by atoms with Gasteiger partial charge < -0.3 is 44.4 Å². The molecule has 63 heavy (non-hydrogen) atoms. The molecule has 4 fully saturated rings. The number of aliphatic imine (C=N–C) groups is 1. The summed E-state index contributed by atoms with van der Waals surface area (Å²) in [6.07, 6.45) is 7.21. The van der Waals surface area contributed by atoms with Crippen molar-refractivity contribution in [2.24, 2.45) is 16.8 Å². The van der Waals surface area contributed by atoms with Gasteiger partial charge in [-0.3, -0.25) is 14.6 Å². The molecule has 4 amide bonds. The third kappa shape index (κ3) is 9.51. The second kappa shape index (κ2) is 19.6. The van der Waals surface area contributed by atoms with Crippen molar-refractivity contribution in [3.63, 3.8) is 0 Å². The molecular formula is C47H58ClN7O8. The minimum atomic E-state index is -0.736. The maximum Gasteiger partial charge on any atom is 0.407 e. The zero-order chi connectivity index (χ0) is 44.2. The number of amides is 4. The van der Waals surface area contributed by atoms with Gasteiger partial charge in [0.15, 0.2) is 0 Å². The number of H-pyrrole nitrogens is 1. The van der Waals surface area contributed by atoms with E-state index in [2.05, 4.69) is 46.8 Å². The van der Waals surface area contributed by atoms with Crippen molar-refractivity contribution in [1.29, 1.82) is 0 Å². The number of rotatable bonds is 11. The van der Waals surface area contributed by atoms with E-state index in [4.69, 9.17) is 40.5 Å². The van der Waals surface area contributed by atoms with E-state index in [1.165, 1.54) is 14.2 Å². The molecule has 0 saturated carbocycles. The summed E-state index contributed by atoms with van der Waals surface area (Å²) < 4.78 is 20.9. The molecule has 0 aliphatic carbocycles. The predicted octanol–water partition coefficient (Wildman–Crippen LogP) is 7.32. The van der Waals surface area contributed by atoms with Gasteiger partial charge >= 0.3 is 12.2 Å². The van der Waals surface area contributed by atoms with Crippen LogP contribution in [0.3, 0.4) is 0 Å². The van der Waals surface area contributed by atoms with Crippen molar-refractivity contribution in [1.82, 2.24) is 30.4 Å². The van der Waals surface area contributed by atoms with Crippen molar-refractivity contribution in [2.75, 3.05) is 40.6 Å². The number of hydrogen-bond acceptors (Lipinski definition) is 10. The minimum Gasteiger partial charge on any atom is -0.453 e. The summed E-state index contributed by atoms with van der Waals surface area (Å²) in [7, 11) is 2.62. The van der Waals surface area contributed by atoms with Crippen LogP contribution >= 0.6 is 11.6 Å². The number of aromatic amines is 1. The molecule has 0 bridgehead atoms. The first-order valence-corrected chi connectivity index (χ1v) is 22.6. The molecule has 16 heteroatoms. The Labute approximate surface area is 373 Å². The molecule has 1 aromatic heterocycles. The smallest absolute Gasteiger partial charge is 0.407 e. The van der Waals surface area contributed by atoms with Gasteiger partial charge in [-0.05, 0) is 99.3 Å². The fourth-order valence-corrected chi connectivity index (χ4v) is 10.4. The van der Waals surface area contributed by atoms with Crippen molar-refractivity contribution < 1.29 is 38.1 Å². The highest BCUT2D eigenvalue weighted by Crippen LogP contribution is 2.40. The van der Waals surface area contributed by atoms with Crippen LogP contribution in [0.5, 0.6) is 0 Å². The van der Waals surface area contributed by atoms with Crippen LogP contribution in [0.25, 0.3) is 28.0 Å². The van der Waals surface area contributed by atoms with Crippen LogP contribution in [0, 0.1) is 11.8 Å². The number of methoxy groups -OCH3 is 2. The first-order chi connectivity index (χ1) is 30.5. The second-order valence-corrected chi connectivity index (χ2v) is 17.8. The quantitative estimate of drug-likeness (QED) is 0.178. The van der Waals surface area contributed by atoms with Gasteiger partial charge in [-0.2, -0.15) is 0 Å². The lowest BCUT2D eigenvalue weighted by atomic mass is 9.90. The Hall–Kier alpha value is -5.25. The van der Waals surface area contributed by atoms with Gasteiger partial charge in [0.05, 0.1) is 26.3 Å². The second-order valence-electron chi connectivity index (χ2n) is 17.4. The molecule has 3 aromatic rings. The highest BCUT2D eigenvalue weighted by atomic mass is 35.5. The van der Waals surface area contributed by atoms with Crippen LogP contribution < -0.4 is 10.6 Å². The fraction of sp³-hybridized carbons (Fsp3) is 0.532. The molecule has 4 saturated heterocycles. The monoisotopic (exact) mass is 883 g/mol. The van der Waals surface area contributed by atoms with Gasteiger partial charge in [0.2, 0.25) is 11.8 Å². The Morgan fingerprint density at radius 1 is 0.683 bits per heavy atom. The lowest BCUT2D eigenvalue weighted by Crippen LogP contribution is -2.56. The molecule has 336 valence electrons. The van der Waals surface area contributed by atoms with Crippen LogP contribution in [0.2, 0.25) is 5.15 Å². The number of nitrogens with one attached hydrogen (secondary N) is 3. The molecule has 15 nitrogen and oxygen atoms in total. The number of aromatic nitrogens is 2. The molecule has 5 aliphatic rings. The van der Waals surface area contributed by atoms with Crippen molar-refractivity contribution in [2.45, 2.75) is 108 Å². The fourth-order valence-electron chi connectivity index (χ4n) is 10.1. The zero-order valence-corrected chi connectivity index (χ0v) is 37.2. The van der Waals surface area contributed by atoms with E-state index in [1.54, 1.807) is 0 Å². The first kappa shape index (κ1) is 44.4. The predicted molar refractivity (Wildman–Crippen MR) is 238 cm³/mol. The maximum atomic E-state index is 14.2. The molecule has 0 spiro atoms. The SMILES string of the molecule is COC(=O)N[C@H](C(=O)N1[C@@H](C)CC[C@H]1C1=NC=C(c2ccc(-c3ccc(-c4nc([C@@H]5CC[C@H](C)N5C(=O)[C@@H](NC(=O)OC)C5CCOCC5)[nH]c4Cl)cc3)cc2)C1)C1CCOCC1. The van der Waals surface area contributed by atoms with Crippen LogP contribution in [0.4, 0.5) is 9.59 Å². The number of carbonyl (C=O) groups is 4. The Morgan fingerprint density at radius 2 is 1.14 bits per heavy atom.